The third-order valence-corrected chi connectivity index (χ3v) is 5.91. The molecular formula is C18H21ClN4O2S2. The first-order valence-corrected chi connectivity index (χ1v) is 10.8. The van der Waals surface area contributed by atoms with Gasteiger partial charge in [0.25, 0.3) is 0 Å². The molecule has 3 N–H and O–H groups in total. The van der Waals surface area contributed by atoms with Crippen LogP contribution >= 0.6 is 23.8 Å². The summed E-state index contributed by atoms with van der Waals surface area (Å²) in [5, 5.41) is 9.64. The van der Waals surface area contributed by atoms with Gasteiger partial charge in [-0.2, -0.15) is 0 Å². The van der Waals surface area contributed by atoms with Crippen molar-refractivity contribution in [3.05, 3.63) is 59.1 Å². The monoisotopic (exact) mass is 424 g/mol. The number of nitrogens with zero attached hydrogens (tertiary/aromatic N) is 2. The Labute approximate surface area is 170 Å². The van der Waals surface area contributed by atoms with E-state index >= 15 is 0 Å². The maximum atomic E-state index is 11.3. The summed E-state index contributed by atoms with van der Waals surface area (Å²) in [7, 11) is -3.69. The molecule has 1 saturated heterocycles. The molecule has 1 aliphatic heterocycles. The Hall–Kier alpha value is -1.71. The standard InChI is InChI=1S/C18H21ClN4O2S2/c19-15-3-1-2-14(12-15)13-22-8-10-23(11-9-22)18(26)21-16-4-6-17(7-5-16)27(20,24)25/h1-7,12H,8-11,13H2,(H,21,26)(H2,20,24,25). The van der Waals surface area contributed by atoms with E-state index in [2.05, 4.69) is 21.2 Å². The topological polar surface area (TPSA) is 78.7 Å². The first-order valence-electron chi connectivity index (χ1n) is 8.47. The Morgan fingerprint density at radius 3 is 2.37 bits per heavy atom. The largest absolute Gasteiger partial charge is 0.346 e. The lowest BCUT2D eigenvalue weighted by Crippen LogP contribution is -2.49. The van der Waals surface area contributed by atoms with E-state index in [0.29, 0.717) is 5.11 Å². The van der Waals surface area contributed by atoms with Gasteiger partial charge >= 0.3 is 0 Å². The van der Waals surface area contributed by atoms with Gasteiger partial charge in [0, 0.05) is 43.4 Å². The van der Waals surface area contributed by atoms with E-state index in [1.54, 1.807) is 12.1 Å². The van der Waals surface area contributed by atoms with Crippen LogP contribution in [0.1, 0.15) is 5.56 Å². The molecule has 0 spiro atoms. The molecule has 1 aliphatic rings. The zero-order valence-corrected chi connectivity index (χ0v) is 17.0. The first kappa shape index (κ1) is 20.0. The number of piperazine rings is 1. The highest BCUT2D eigenvalue weighted by atomic mass is 35.5. The lowest BCUT2D eigenvalue weighted by molar-refractivity contribution is 0.177. The third kappa shape index (κ3) is 5.63. The van der Waals surface area contributed by atoms with Gasteiger partial charge in [0.2, 0.25) is 10.0 Å². The molecule has 2 aromatic rings. The van der Waals surface area contributed by atoms with Gasteiger partial charge in [-0.05, 0) is 54.2 Å². The number of anilines is 1. The van der Waals surface area contributed by atoms with Crippen LogP contribution in [-0.4, -0.2) is 49.5 Å². The highest BCUT2D eigenvalue weighted by Crippen LogP contribution is 2.16. The van der Waals surface area contributed by atoms with Crippen LogP contribution in [0.25, 0.3) is 0 Å². The zero-order chi connectivity index (χ0) is 19.4. The summed E-state index contributed by atoms with van der Waals surface area (Å²) in [6.07, 6.45) is 0. The summed E-state index contributed by atoms with van der Waals surface area (Å²) in [5.41, 5.74) is 1.93. The molecule has 27 heavy (non-hydrogen) atoms. The van der Waals surface area contributed by atoms with E-state index < -0.39 is 10.0 Å². The van der Waals surface area contributed by atoms with E-state index in [-0.39, 0.29) is 4.90 Å². The van der Waals surface area contributed by atoms with Crippen molar-refractivity contribution in [1.29, 1.82) is 0 Å². The first-order chi connectivity index (χ1) is 12.8. The molecule has 0 aromatic heterocycles. The minimum Gasteiger partial charge on any atom is -0.346 e. The molecule has 9 heteroatoms. The van der Waals surface area contributed by atoms with Crippen molar-refractivity contribution in [3.8, 4) is 0 Å². The third-order valence-electron chi connectivity index (χ3n) is 4.39. The van der Waals surface area contributed by atoms with Gasteiger partial charge in [0.05, 0.1) is 4.90 Å². The lowest BCUT2D eigenvalue weighted by atomic mass is 10.2. The molecule has 1 heterocycles. The highest BCUT2D eigenvalue weighted by molar-refractivity contribution is 7.89. The highest BCUT2D eigenvalue weighted by Gasteiger charge is 2.19. The Morgan fingerprint density at radius 2 is 1.78 bits per heavy atom. The number of sulfonamides is 1. The van der Waals surface area contributed by atoms with Crippen molar-refractivity contribution in [1.82, 2.24) is 9.80 Å². The summed E-state index contributed by atoms with van der Waals surface area (Å²) < 4.78 is 22.6. The maximum absolute atomic E-state index is 11.3. The van der Waals surface area contributed by atoms with E-state index in [9.17, 15) is 8.42 Å². The fourth-order valence-electron chi connectivity index (χ4n) is 2.93. The second kappa shape index (κ2) is 8.53. The number of benzene rings is 2. The Morgan fingerprint density at radius 1 is 1.11 bits per heavy atom. The molecule has 3 rings (SSSR count). The van der Waals surface area contributed by atoms with Crippen LogP contribution in [0.2, 0.25) is 5.02 Å². The van der Waals surface area contributed by atoms with Crippen LogP contribution in [0.4, 0.5) is 5.69 Å². The van der Waals surface area contributed by atoms with Crippen molar-refractivity contribution in [2.45, 2.75) is 11.4 Å². The number of nitrogens with two attached hydrogens (primary N) is 1. The fourth-order valence-corrected chi connectivity index (χ4v) is 3.96. The van der Waals surface area contributed by atoms with Crippen molar-refractivity contribution in [3.63, 3.8) is 0 Å². The van der Waals surface area contributed by atoms with Gasteiger partial charge in [0.1, 0.15) is 0 Å². The molecule has 0 amide bonds. The van der Waals surface area contributed by atoms with Gasteiger partial charge in [-0.25, -0.2) is 13.6 Å². The van der Waals surface area contributed by atoms with Crippen LogP contribution in [0.5, 0.6) is 0 Å². The van der Waals surface area contributed by atoms with E-state index in [1.807, 2.05) is 18.2 Å². The number of hydrogen-bond donors (Lipinski definition) is 2. The number of primary sulfonamides is 1. The Balaban J connectivity index is 1.51. The van der Waals surface area contributed by atoms with Crippen LogP contribution in [0.3, 0.4) is 0 Å². The predicted octanol–water partition coefficient (Wildman–Crippen LogP) is 2.50. The number of halogens is 1. The SMILES string of the molecule is NS(=O)(=O)c1ccc(NC(=S)N2CCN(Cc3cccc(Cl)c3)CC2)cc1. The molecule has 0 atom stereocenters. The molecular weight excluding hydrogens is 404 g/mol. The average molecular weight is 425 g/mol. The molecule has 0 saturated carbocycles. The summed E-state index contributed by atoms with van der Waals surface area (Å²) in [4.78, 5) is 4.55. The number of nitrogens with one attached hydrogen (secondary N) is 1. The number of hydrogen-bond acceptors (Lipinski definition) is 4. The van der Waals surface area contributed by atoms with E-state index in [0.717, 1.165) is 43.4 Å². The average Bonchev–Trinajstić information content (AvgIpc) is 2.62. The van der Waals surface area contributed by atoms with Gasteiger partial charge in [-0.3, -0.25) is 4.90 Å². The van der Waals surface area contributed by atoms with Crippen molar-refractivity contribution in [2.75, 3.05) is 31.5 Å². The number of rotatable bonds is 4. The lowest BCUT2D eigenvalue weighted by Gasteiger charge is -2.36. The quantitative estimate of drug-likeness (QED) is 0.734. The van der Waals surface area contributed by atoms with E-state index in [1.165, 1.54) is 17.7 Å². The second-order valence-corrected chi connectivity index (χ2v) is 8.78. The van der Waals surface area contributed by atoms with Crippen LogP contribution in [0, 0.1) is 0 Å². The molecule has 1 fully saturated rings. The van der Waals surface area contributed by atoms with Gasteiger partial charge < -0.3 is 10.2 Å². The maximum Gasteiger partial charge on any atom is 0.238 e. The molecule has 144 valence electrons. The minimum absolute atomic E-state index is 0.0774. The molecule has 0 unspecified atom stereocenters. The molecule has 0 aliphatic carbocycles. The summed E-state index contributed by atoms with van der Waals surface area (Å²) in [6, 6.07) is 14.1. The summed E-state index contributed by atoms with van der Waals surface area (Å²) >= 11 is 11.5. The summed E-state index contributed by atoms with van der Waals surface area (Å²) in [5.74, 6) is 0. The molecule has 6 nitrogen and oxygen atoms in total. The van der Waals surface area contributed by atoms with Crippen molar-refractivity contribution >= 4 is 44.6 Å². The van der Waals surface area contributed by atoms with Crippen LogP contribution < -0.4 is 10.5 Å². The molecule has 0 bridgehead atoms. The fraction of sp³-hybridized carbons (Fsp3) is 0.278. The smallest absolute Gasteiger partial charge is 0.238 e. The molecule has 2 aromatic carbocycles. The predicted molar refractivity (Wildman–Crippen MR) is 112 cm³/mol. The Bertz CT molecular complexity index is 911. The van der Waals surface area contributed by atoms with E-state index in [4.69, 9.17) is 29.0 Å². The number of thiocarbonyl (C=S) groups is 1. The van der Waals surface area contributed by atoms with Gasteiger partial charge in [-0.1, -0.05) is 23.7 Å². The second-order valence-electron chi connectivity index (χ2n) is 6.39. The molecule has 0 radical (unpaired) electrons. The summed E-state index contributed by atoms with van der Waals surface area (Å²) in [6.45, 7) is 4.31. The normalized spacial score (nSPS) is 15.6. The van der Waals surface area contributed by atoms with Crippen LogP contribution in [-0.2, 0) is 16.6 Å². The van der Waals surface area contributed by atoms with Gasteiger partial charge in [0.15, 0.2) is 5.11 Å². The zero-order valence-electron chi connectivity index (χ0n) is 14.6. The van der Waals surface area contributed by atoms with Crippen molar-refractivity contribution < 1.29 is 8.42 Å². The van der Waals surface area contributed by atoms with Crippen LogP contribution in [0.15, 0.2) is 53.4 Å². The minimum atomic E-state index is -3.69. The Kier molecular flexibility index (Phi) is 6.33. The van der Waals surface area contributed by atoms with Gasteiger partial charge in [-0.15, -0.1) is 0 Å². The van der Waals surface area contributed by atoms with Crippen molar-refractivity contribution in [2.24, 2.45) is 5.14 Å².